The summed E-state index contributed by atoms with van der Waals surface area (Å²) in [5.41, 5.74) is 5.23. The number of carbonyl (C=O) groups excluding carboxylic acids is 1. The Bertz CT molecular complexity index is 299. The monoisotopic (exact) mass is 314 g/mol. The van der Waals surface area contributed by atoms with Crippen LogP contribution in [-0.4, -0.2) is 41.8 Å². The van der Waals surface area contributed by atoms with Gasteiger partial charge in [-0.25, -0.2) is 0 Å². The molecule has 0 aliphatic carbocycles. The zero-order valence-corrected chi connectivity index (χ0v) is 11.0. The van der Waals surface area contributed by atoms with Crippen LogP contribution in [0.15, 0.2) is 0 Å². The maximum absolute atomic E-state index is 13.3. The Morgan fingerprint density at radius 3 is 2.00 bits per heavy atom. The van der Waals surface area contributed by atoms with E-state index in [1.165, 1.54) is 13.8 Å². The number of rotatable bonds is 5. The molecule has 0 saturated heterocycles. The molecule has 0 fully saturated rings. The van der Waals surface area contributed by atoms with Crippen LogP contribution >= 0.6 is 12.4 Å². The average molecular weight is 315 g/mol. The molecule has 0 heterocycles. The van der Waals surface area contributed by atoms with E-state index in [9.17, 15) is 31.9 Å². The molecule has 0 aliphatic rings. The minimum Gasteiger partial charge on any atom is -0.385 e. The van der Waals surface area contributed by atoms with Crippen LogP contribution in [0.2, 0.25) is 0 Å². The first-order chi connectivity index (χ1) is 7.89. The van der Waals surface area contributed by atoms with Gasteiger partial charge >= 0.3 is 12.1 Å². The Hall–Kier alpha value is -0.670. The number of aliphatic hydroxyl groups is 1. The molecule has 2 atom stereocenters. The van der Waals surface area contributed by atoms with E-state index in [0.717, 1.165) is 5.32 Å². The van der Waals surface area contributed by atoms with Gasteiger partial charge in [-0.3, -0.25) is 4.79 Å². The number of nitrogens with two attached hydrogens (primary N) is 1. The van der Waals surface area contributed by atoms with Crippen molar-refractivity contribution >= 4 is 18.3 Å². The number of alkyl halides is 5. The fraction of sp³-hybridized carbons (Fsp3) is 0.889. The van der Waals surface area contributed by atoms with Gasteiger partial charge in [0.1, 0.15) is 12.6 Å². The highest BCUT2D eigenvalue weighted by Gasteiger charge is 2.50. The van der Waals surface area contributed by atoms with Gasteiger partial charge < -0.3 is 16.2 Å². The molecular weight excluding hydrogens is 299 g/mol. The van der Waals surface area contributed by atoms with Gasteiger partial charge in [-0.05, 0) is 5.92 Å². The Morgan fingerprint density at radius 1 is 1.26 bits per heavy atom. The van der Waals surface area contributed by atoms with Crippen LogP contribution in [0.5, 0.6) is 0 Å². The molecule has 0 unspecified atom stereocenters. The third-order valence-electron chi connectivity index (χ3n) is 2.26. The number of aliphatic hydroxyl groups excluding tert-OH is 1. The van der Waals surface area contributed by atoms with Crippen LogP contribution in [0, 0.1) is 5.92 Å². The summed E-state index contributed by atoms with van der Waals surface area (Å²) in [6.07, 6.45) is -7.36. The third-order valence-corrected chi connectivity index (χ3v) is 2.26. The highest BCUT2D eigenvalue weighted by atomic mass is 35.5. The van der Waals surface area contributed by atoms with Crippen molar-refractivity contribution in [2.45, 2.75) is 38.1 Å². The van der Waals surface area contributed by atoms with Crippen molar-refractivity contribution in [1.82, 2.24) is 5.32 Å². The first-order valence-electron chi connectivity index (χ1n) is 5.06. The fourth-order valence-corrected chi connectivity index (χ4v) is 1.04. The van der Waals surface area contributed by atoms with E-state index < -0.39 is 42.6 Å². The first-order valence-corrected chi connectivity index (χ1v) is 5.06. The molecular formula is C9H16ClF5N2O2. The lowest BCUT2D eigenvalue weighted by Gasteiger charge is -2.28. The Morgan fingerprint density at radius 2 is 1.68 bits per heavy atom. The van der Waals surface area contributed by atoms with Crippen molar-refractivity contribution < 1.29 is 31.9 Å². The summed E-state index contributed by atoms with van der Waals surface area (Å²) in [7, 11) is 0. The van der Waals surface area contributed by atoms with E-state index in [0.29, 0.717) is 0 Å². The molecule has 10 heteroatoms. The van der Waals surface area contributed by atoms with E-state index in [1.807, 2.05) is 0 Å². The second-order valence-electron chi connectivity index (χ2n) is 4.19. The predicted molar refractivity (Wildman–Crippen MR) is 60.1 cm³/mol. The fourth-order valence-electron chi connectivity index (χ4n) is 1.04. The smallest absolute Gasteiger partial charge is 0.385 e. The van der Waals surface area contributed by atoms with Gasteiger partial charge in [-0.1, -0.05) is 13.8 Å². The number of carbonyl (C=O) groups is 1. The zero-order valence-electron chi connectivity index (χ0n) is 10.2. The van der Waals surface area contributed by atoms with E-state index in [4.69, 9.17) is 5.73 Å². The molecule has 0 bridgehead atoms. The van der Waals surface area contributed by atoms with Crippen LogP contribution in [0.1, 0.15) is 13.8 Å². The van der Waals surface area contributed by atoms with Crippen molar-refractivity contribution in [2.24, 2.45) is 11.7 Å². The molecule has 0 saturated carbocycles. The minimum atomic E-state index is -4.81. The summed E-state index contributed by atoms with van der Waals surface area (Å²) in [4.78, 5) is 10.9. The van der Waals surface area contributed by atoms with Gasteiger partial charge in [-0.15, -0.1) is 12.4 Å². The molecule has 116 valence electrons. The number of hydrogen-bond donors (Lipinski definition) is 3. The molecule has 0 aromatic carbocycles. The lowest BCUT2D eigenvalue weighted by atomic mass is 9.95. The molecule has 4 nitrogen and oxygen atoms in total. The molecule has 0 spiro atoms. The molecule has 0 aromatic heterocycles. The highest BCUT2D eigenvalue weighted by molar-refractivity contribution is 5.85. The number of hydrogen-bond acceptors (Lipinski definition) is 3. The predicted octanol–water partition coefficient (Wildman–Crippen LogP) is 1.07. The standard InChI is InChI=1S/C9H15F5N2O2.ClH/c1-4(2)5(15)6(17)9(13,14)7(18)16-3-8(10,11)12;/h4-6,17H,3,15H2,1-2H3,(H,16,18);1H/t5-,6+;/m0./s1. The topological polar surface area (TPSA) is 75.3 Å². The SMILES string of the molecule is CC(C)[C@H](N)[C@@H](O)C(F)(F)C(=O)NCC(F)(F)F.Cl. The van der Waals surface area contributed by atoms with Crippen molar-refractivity contribution in [3.63, 3.8) is 0 Å². The largest absolute Gasteiger partial charge is 0.405 e. The van der Waals surface area contributed by atoms with Crippen molar-refractivity contribution in [1.29, 1.82) is 0 Å². The summed E-state index contributed by atoms with van der Waals surface area (Å²) in [5.74, 6) is -7.15. The Labute approximate surface area is 112 Å². The summed E-state index contributed by atoms with van der Waals surface area (Å²) in [5, 5.41) is 10.2. The van der Waals surface area contributed by atoms with Gasteiger partial charge in [0.2, 0.25) is 0 Å². The van der Waals surface area contributed by atoms with Crippen molar-refractivity contribution in [2.75, 3.05) is 6.54 Å². The average Bonchev–Trinajstić information content (AvgIpc) is 2.22. The Balaban J connectivity index is 0. The van der Waals surface area contributed by atoms with Crippen molar-refractivity contribution in [3.8, 4) is 0 Å². The second-order valence-corrected chi connectivity index (χ2v) is 4.19. The van der Waals surface area contributed by atoms with E-state index in [-0.39, 0.29) is 12.4 Å². The molecule has 0 radical (unpaired) electrons. The van der Waals surface area contributed by atoms with E-state index in [1.54, 1.807) is 0 Å². The van der Waals surface area contributed by atoms with Crippen molar-refractivity contribution in [3.05, 3.63) is 0 Å². The number of halogens is 6. The highest BCUT2D eigenvalue weighted by Crippen LogP contribution is 2.24. The molecule has 4 N–H and O–H groups in total. The summed E-state index contributed by atoms with van der Waals surface area (Å²) >= 11 is 0. The molecule has 1 amide bonds. The maximum Gasteiger partial charge on any atom is 0.405 e. The lowest BCUT2D eigenvalue weighted by molar-refractivity contribution is -0.173. The van der Waals surface area contributed by atoms with Crippen LogP contribution in [-0.2, 0) is 4.79 Å². The molecule has 0 aliphatic heterocycles. The normalized spacial score (nSPS) is 15.7. The number of nitrogens with one attached hydrogen (secondary N) is 1. The van der Waals surface area contributed by atoms with Crippen LogP contribution in [0.25, 0.3) is 0 Å². The van der Waals surface area contributed by atoms with E-state index >= 15 is 0 Å². The van der Waals surface area contributed by atoms with Crippen LogP contribution in [0.4, 0.5) is 22.0 Å². The third kappa shape index (κ3) is 6.35. The molecule has 0 rings (SSSR count). The molecule has 19 heavy (non-hydrogen) atoms. The molecule has 0 aromatic rings. The Kier molecular flexibility index (Phi) is 7.83. The minimum absolute atomic E-state index is 0. The number of amides is 1. The van der Waals surface area contributed by atoms with Gasteiger partial charge in [-0.2, -0.15) is 22.0 Å². The van der Waals surface area contributed by atoms with Crippen LogP contribution in [0.3, 0.4) is 0 Å². The first kappa shape index (κ1) is 20.6. The van der Waals surface area contributed by atoms with Crippen LogP contribution < -0.4 is 11.1 Å². The van der Waals surface area contributed by atoms with Gasteiger partial charge in [0.15, 0.2) is 0 Å². The zero-order chi connectivity index (χ0) is 14.7. The summed E-state index contributed by atoms with van der Waals surface area (Å²) < 4.78 is 61.8. The van der Waals surface area contributed by atoms with Gasteiger partial charge in [0.25, 0.3) is 5.91 Å². The van der Waals surface area contributed by atoms with Gasteiger partial charge in [0.05, 0.1) is 0 Å². The summed E-state index contributed by atoms with van der Waals surface area (Å²) in [6, 6.07) is -1.43. The summed E-state index contributed by atoms with van der Waals surface area (Å²) in [6.45, 7) is 0.959. The van der Waals surface area contributed by atoms with E-state index in [2.05, 4.69) is 0 Å². The van der Waals surface area contributed by atoms with Gasteiger partial charge in [0, 0.05) is 6.04 Å². The second kappa shape index (κ2) is 7.20. The quantitative estimate of drug-likeness (QED) is 0.664. The maximum atomic E-state index is 13.3. The lowest BCUT2D eigenvalue weighted by Crippen LogP contribution is -2.57.